The average Bonchev–Trinajstić information content (AvgIpc) is 2.91. The predicted octanol–water partition coefficient (Wildman–Crippen LogP) is 3.92. The molecule has 0 atom stereocenters. The van der Waals surface area contributed by atoms with E-state index >= 15 is 0 Å². The van der Waals surface area contributed by atoms with Gasteiger partial charge in [0.25, 0.3) is 0 Å². The van der Waals surface area contributed by atoms with Crippen LogP contribution in [0, 0.1) is 0 Å². The summed E-state index contributed by atoms with van der Waals surface area (Å²) in [6.07, 6.45) is 1.32. The number of ketones is 1. The van der Waals surface area contributed by atoms with E-state index in [0.29, 0.717) is 6.42 Å². The zero-order chi connectivity index (χ0) is 16.0. The van der Waals surface area contributed by atoms with Crippen LogP contribution in [0.4, 0.5) is 5.69 Å². The molecule has 4 rings (SSSR count). The molecule has 0 unspecified atom stereocenters. The van der Waals surface area contributed by atoms with Gasteiger partial charge in [-0.15, -0.1) is 0 Å². The summed E-state index contributed by atoms with van der Waals surface area (Å²) in [6, 6.07) is 13.6. The van der Waals surface area contributed by atoms with Crippen LogP contribution in [0.25, 0.3) is 22.2 Å². The number of hydrogen-bond donors (Lipinski definition) is 2. The molecule has 1 amide bonds. The zero-order valence-corrected chi connectivity index (χ0v) is 12.8. The van der Waals surface area contributed by atoms with Crippen molar-refractivity contribution in [2.45, 2.75) is 19.8 Å². The molecule has 1 aliphatic rings. The van der Waals surface area contributed by atoms with Crippen LogP contribution in [-0.2, 0) is 11.2 Å². The second kappa shape index (κ2) is 5.09. The zero-order valence-electron chi connectivity index (χ0n) is 12.8. The van der Waals surface area contributed by atoms with Crippen molar-refractivity contribution in [2.24, 2.45) is 0 Å². The summed E-state index contributed by atoms with van der Waals surface area (Å²) in [6.45, 7) is 1.49. The molecule has 0 radical (unpaired) electrons. The fraction of sp³-hybridized carbons (Fsp3) is 0.158. The Morgan fingerprint density at radius 2 is 1.87 bits per heavy atom. The summed E-state index contributed by atoms with van der Waals surface area (Å²) in [4.78, 5) is 26.7. The normalized spacial score (nSPS) is 13.3. The first kappa shape index (κ1) is 13.8. The van der Waals surface area contributed by atoms with Crippen molar-refractivity contribution in [2.75, 3.05) is 5.32 Å². The molecule has 0 fully saturated rings. The van der Waals surface area contributed by atoms with E-state index in [1.165, 1.54) is 12.5 Å². The number of hydrogen-bond acceptors (Lipinski definition) is 2. The molecule has 1 aromatic heterocycles. The third kappa shape index (κ3) is 2.23. The number of nitrogens with one attached hydrogen (secondary N) is 2. The van der Waals surface area contributed by atoms with E-state index in [0.717, 1.165) is 39.8 Å². The van der Waals surface area contributed by atoms with Crippen LogP contribution >= 0.6 is 0 Å². The van der Waals surface area contributed by atoms with Gasteiger partial charge in [-0.2, -0.15) is 0 Å². The van der Waals surface area contributed by atoms with Crippen molar-refractivity contribution >= 4 is 28.3 Å². The Balaban J connectivity index is 1.84. The third-order valence-corrected chi connectivity index (χ3v) is 4.32. The monoisotopic (exact) mass is 304 g/mol. The number of anilines is 1. The van der Waals surface area contributed by atoms with Crippen LogP contribution in [0.2, 0.25) is 0 Å². The highest BCUT2D eigenvalue weighted by atomic mass is 16.1. The molecule has 0 aliphatic heterocycles. The van der Waals surface area contributed by atoms with E-state index in [4.69, 9.17) is 0 Å². The average molecular weight is 304 g/mol. The molecule has 0 spiro atoms. The van der Waals surface area contributed by atoms with Gasteiger partial charge >= 0.3 is 0 Å². The van der Waals surface area contributed by atoms with Crippen molar-refractivity contribution in [1.29, 1.82) is 0 Å². The number of benzene rings is 2. The lowest BCUT2D eigenvalue weighted by atomic mass is 9.89. The minimum Gasteiger partial charge on any atom is -0.354 e. The van der Waals surface area contributed by atoms with E-state index in [9.17, 15) is 9.59 Å². The van der Waals surface area contributed by atoms with Crippen LogP contribution in [0.15, 0.2) is 42.5 Å². The highest BCUT2D eigenvalue weighted by Gasteiger charge is 2.23. The topological polar surface area (TPSA) is 62.0 Å². The van der Waals surface area contributed by atoms with Gasteiger partial charge in [-0.1, -0.05) is 24.3 Å². The van der Waals surface area contributed by atoms with E-state index in [2.05, 4.69) is 10.3 Å². The second-order valence-corrected chi connectivity index (χ2v) is 5.89. The molecular formula is C19H16N2O2. The third-order valence-electron chi connectivity index (χ3n) is 4.32. The molecule has 1 heterocycles. The lowest BCUT2D eigenvalue weighted by Gasteiger charge is -2.12. The van der Waals surface area contributed by atoms with Gasteiger partial charge in [0.05, 0.1) is 0 Å². The van der Waals surface area contributed by atoms with Crippen LogP contribution in [0.1, 0.15) is 29.3 Å². The standard InChI is InChI=1S/C19H16N2O2/c1-11(22)20-13-7-5-12(6-8-13)19-15-9-10-17(23)14-3-2-4-16(21-19)18(14)15/h2-8,21H,9-10H2,1H3,(H,20,22). The Hall–Kier alpha value is -2.88. The summed E-state index contributed by atoms with van der Waals surface area (Å²) < 4.78 is 0. The first-order chi connectivity index (χ1) is 11.1. The fourth-order valence-electron chi connectivity index (χ4n) is 3.34. The minimum atomic E-state index is -0.0818. The van der Waals surface area contributed by atoms with Gasteiger partial charge in [0.2, 0.25) is 5.91 Å². The van der Waals surface area contributed by atoms with Crippen molar-refractivity contribution < 1.29 is 9.59 Å². The number of aryl methyl sites for hydroxylation is 1. The molecule has 0 saturated carbocycles. The van der Waals surface area contributed by atoms with Crippen molar-refractivity contribution in [3.8, 4) is 11.3 Å². The Morgan fingerprint density at radius 3 is 2.61 bits per heavy atom. The minimum absolute atomic E-state index is 0.0818. The van der Waals surface area contributed by atoms with E-state index in [1.807, 2.05) is 42.5 Å². The van der Waals surface area contributed by atoms with Crippen LogP contribution in [-0.4, -0.2) is 16.7 Å². The van der Waals surface area contributed by atoms with Crippen LogP contribution < -0.4 is 5.32 Å². The number of H-pyrrole nitrogens is 1. The maximum atomic E-state index is 12.1. The van der Waals surface area contributed by atoms with Crippen molar-refractivity contribution in [3.05, 3.63) is 53.6 Å². The Labute approximate surface area is 133 Å². The molecule has 114 valence electrons. The second-order valence-electron chi connectivity index (χ2n) is 5.89. The summed E-state index contributed by atoms with van der Waals surface area (Å²) >= 11 is 0. The van der Waals surface area contributed by atoms with Gasteiger partial charge in [0, 0.05) is 41.2 Å². The van der Waals surface area contributed by atoms with Crippen LogP contribution in [0.3, 0.4) is 0 Å². The quantitative estimate of drug-likeness (QED) is 0.753. The van der Waals surface area contributed by atoms with Gasteiger partial charge in [-0.05, 0) is 35.7 Å². The largest absolute Gasteiger partial charge is 0.354 e. The number of aromatic nitrogens is 1. The summed E-state index contributed by atoms with van der Waals surface area (Å²) in [7, 11) is 0. The van der Waals surface area contributed by atoms with Gasteiger partial charge in [0.15, 0.2) is 5.78 Å². The Kier molecular flexibility index (Phi) is 3.05. The summed E-state index contributed by atoms with van der Waals surface area (Å²) in [5, 5.41) is 3.83. The molecule has 2 aromatic carbocycles. The van der Waals surface area contributed by atoms with Gasteiger partial charge in [-0.3, -0.25) is 9.59 Å². The first-order valence-electron chi connectivity index (χ1n) is 7.68. The molecule has 2 N–H and O–H groups in total. The Morgan fingerprint density at radius 1 is 1.09 bits per heavy atom. The maximum absolute atomic E-state index is 12.1. The van der Waals surface area contributed by atoms with Gasteiger partial charge in [-0.25, -0.2) is 0 Å². The first-order valence-corrected chi connectivity index (χ1v) is 7.68. The molecule has 23 heavy (non-hydrogen) atoms. The van der Waals surface area contributed by atoms with Crippen molar-refractivity contribution in [3.63, 3.8) is 0 Å². The van der Waals surface area contributed by atoms with E-state index < -0.39 is 0 Å². The smallest absolute Gasteiger partial charge is 0.221 e. The van der Waals surface area contributed by atoms with Gasteiger partial charge < -0.3 is 10.3 Å². The molecular weight excluding hydrogens is 288 g/mol. The fourth-order valence-corrected chi connectivity index (χ4v) is 3.34. The highest BCUT2D eigenvalue weighted by molar-refractivity contribution is 6.12. The number of rotatable bonds is 2. The molecule has 4 heteroatoms. The molecule has 4 nitrogen and oxygen atoms in total. The number of amides is 1. The van der Waals surface area contributed by atoms with Crippen LogP contribution in [0.5, 0.6) is 0 Å². The Bertz CT molecular complexity index is 936. The van der Waals surface area contributed by atoms with E-state index in [-0.39, 0.29) is 11.7 Å². The number of aromatic amines is 1. The van der Waals surface area contributed by atoms with Crippen molar-refractivity contribution in [1.82, 2.24) is 4.98 Å². The lowest BCUT2D eigenvalue weighted by molar-refractivity contribution is -0.114. The summed E-state index contributed by atoms with van der Waals surface area (Å²) in [5.74, 6) is 0.135. The lowest BCUT2D eigenvalue weighted by Crippen LogP contribution is -2.08. The molecule has 3 aromatic rings. The number of carbonyl (C=O) groups excluding carboxylic acids is 2. The molecule has 1 aliphatic carbocycles. The predicted molar refractivity (Wildman–Crippen MR) is 90.7 cm³/mol. The number of Topliss-reactive ketones (excluding diaryl/α,β-unsaturated/α-hetero) is 1. The highest BCUT2D eigenvalue weighted by Crippen LogP contribution is 2.37. The summed E-state index contributed by atoms with van der Waals surface area (Å²) in [5.41, 5.74) is 5.94. The van der Waals surface area contributed by atoms with E-state index in [1.54, 1.807) is 0 Å². The SMILES string of the molecule is CC(=O)Nc1ccc(-c2[nH]c3cccc4c3c2CCC4=O)cc1. The molecule has 0 bridgehead atoms. The van der Waals surface area contributed by atoms with Gasteiger partial charge in [0.1, 0.15) is 0 Å². The maximum Gasteiger partial charge on any atom is 0.221 e. The number of carbonyl (C=O) groups is 2. The molecule has 0 saturated heterocycles.